The maximum absolute atomic E-state index is 5.66. The molecular weight excluding hydrogens is 274 g/mol. The van der Waals surface area contributed by atoms with Crippen LogP contribution in [0.25, 0.3) is 0 Å². The van der Waals surface area contributed by atoms with Gasteiger partial charge in [0, 0.05) is 19.0 Å². The van der Waals surface area contributed by atoms with Crippen LogP contribution in [0.4, 0.5) is 11.9 Å². The predicted molar refractivity (Wildman–Crippen MR) is 81.1 cm³/mol. The van der Waals surface area contributed by atoms with Crippen molar-refractivity contribution in [3.8, 4) is 5.75 Å². The highest BCUT2D eigenvalue weighted by Crippen LogP contribution is 2.19. The lowest BCUT2D eigenvalue weighted by molar-refractivity contribution is 0.295. The van der Waals surface area contributed by atoms with Crippen molar-refractivity contribution in [1.82, 2.24) is 15.0 Å². The fraction of sp³-hybridized carbons (Fsp3) is 0.308. The van der Waals surface area contributed by atoms with E-state index >= 15 is 0 Å². The summed E-state index contributed by atoms with van der Waals surface area (Å²) in [5.41, 5.74) is 5.66. The molecule has 1 heterocycles. The van der Waals surface area contributed by atoms with E-state index in [-0.39, 0.29) is 12.6 Å². The molecule has 0 aliphatic carbocycles. The van der Waals surface area contributed by atoms with E-state index in [9.17, 15) is 0 Å². The second-order valence-electron chi connectivity index (χ2n) is 4.27. The van der Waals surface area contributed by atoms with Crippen molar-refractivity contribution in [3.05, 3.63) is 30.1 Å². The van der Waals surface area contributed by atoms with Crippen LogP contribution >= 0.6 is 11.8 Å². The predicted octanol–water partition coefficient (Wildman–Crippen LogP) is 1.82. The first kappa shape index (κ1) is 14.4. The fourth-order valence-corrected chi connectivity index (χ4v) is 1.92. The van der Waals surface area contributed by atoms with Gasteiger partial charge in [-0.1, -0.05) is 0 Å². The maximum Gasteiger partial charge on any atom is 0.230 e. The second kappa shape index (κ2) is 6.42. The molecule has 6 nitrogen and oxygen atoms in total. The lowest BCUT2D eigenvalue weighted by Crippen LogP contribution is -2.16. The topological polar surface area (TPSA) is 77.2 Å². The fourth-order valence-electron chi connectivity index (χ4n) is 1.51. The largest absolute Gasteiger partial charge is 0.486 e. The van der Waals surface area contributed by atoms with Gasteiger partial charge in [-0.3, -0.25) is 0 Å². The average molecular weight is 291 g/mol. The minimum absolute atomic E-state index is 0.194. The molecule has 0 fully saturated rings. The zero-order valence-electron chi connectivity index (χ0n) is 11.7. The van der Waals surface area contributed by atoms with E-state index in [1.54, 1.807) is 16.7 Å². The molecule has 0 saturated carbocycles. The number of ether oxygens (including phenoxy) is 1. The Morgan fingerprint density at radius 2 is 1.85 bits per heavy atom. The standard InChI is InChI=1S/C13H17N5OS/c1-18(2)13-16-11(15-12(14)17-13)8-19-9-4-6-10(20-3)7-5-9/h4-7H,8H2,1-3H3,(H2,14,15,16,17). The van der Waals surface area contributed by atoms with Gasteiger partial charge in [-0.05, 0) is 30.5 Å². The van der Waals surface area contributed by atoms with E-state index in [1.807, 2.05) is 44.6 Å². The van der Waals surface area contributed by atoms with Crippen molar-refractivity contribution in [2.75, 3.05) is 31.0 Å². The van der Waals surface area contributed by atoms with Crippen LogP contribution in [0.2, 0.25) is 0 Å². The molecule has 0 spiro atoms. The smallest absolute Gasteiger partial charge is 0.230 e. The maximum atomic E-state index is 5.66. The van der Waals surface area contributed by atoms with Gasteiger partial charge in [0.15, 0.2) is 5.82 Å². The van der Waals surface area contributed by atoms with Crippen molar-refractivity contribution in [3.63, 3.8) is 0 Å². The first-order valence-corrected chi connectivity index (χ1v) is 7.25. The van der Waals surface area contributed by atoms with Crippen molar-refractivity contribution >= 4 is 23.7 Å². The first-order valence-electron chi connectivity index (χ1n) is 6.03. The average Bonchev–Trinajstić information content (AvgIpc) is 2.45. The number of nitrogen functional groups attached to an aromatic ring is 1. The molecule has 2 aromatic rings. The normalized spacial score (nSPS) is 10.3. The summed E-state index contributed by atoms with van der Waals surface area (Å²) in [6.07, 6.45) is 2.03. The van der Waals surface area contributed by atoms with E-state index in [0.29, 0.717) is 11.8 Å². The highest BCUT2D eigenvalue weighted by molar-refractivity contribution is 7.98. The number of rotatable bonds is 5. The number of nitrogens with two attached hydrogens (primary N) is 1. The third-order valence-electron chi connectivity index (χ3n) is 2.51. The highest BCUT2D eigenvalue weighted by atomic mass is 32.2. The van der Waals surface area contributed by atoms with Gasteiger partial charge in [0.2, 0.25) is 11.9 Å². The molecule has 0 saturated heterocycles. The summed E-state index contributed by atoms with van der Waals surface area (Å²) in [5.74, 6) is 2.00. The van der Waals surface area contributed by atoms with Crippen molar-refractivity contribution < 1.29 is 4.74 Å². The molecule has 0 aliphatic heterocycles. The van der Waals surface area contributed by atoms with E-state index < -0.39 is 0 Å². The molecular formula is C13H17N5OS. The summed E-state index contributed by atoms with van der Waals surface area (Å²) in [6.45, 7) is 0.256. The molecule has 2 N–H and O–H groups in total. The summed E-state index contributed by atoms with van der Waals surface area (Å²) >= 11 is 1.69. The number of hydrogen-bond donors (Lipinski definition) is 1. The number of aromatic nitrogens is 3. The van der Waals surface area contributed by atoms with E-state index in [1.165, 1.54) is 4.90 Å². The highest BCUT2D eigenvalue weighted by Gasteiger charge is 2.06. The molecule has 0 amide bonds. The number of anilines is 2. The summed E-state index contributed by atoms with van der Waals surface area (Å²) < 4.78 is 5.65. The van der Waals surface area contributed by atoms with Crippen molar-refractivity contribution in [1.29, 1.82) is 0 Å². The molecule has 7 heteroatoms. The Hall–Kier alpha value is -2.02. The number of thioether (sulfide) groups is 1. The van der Waals surface area contributed by atoms with Crippen LogP contribution < -0.4 is 15.4 Å². The van der Waals surface area contributed by atoms with E-state index in [4.69, 9.17) is 10.5 Å². The summed E-state index contributed by atoms with van der Waals surface area (Å²) in [4.78, 5) is 15.3. The zero-order valence-corrected chi connectivity index (χ0v) is 12.5. The Morgan fingerprint density at radius 1 is 1.15 bits per heavy atom. The van der Waals surface area contributed by atoms with E-state index in [2.05, 4.69) is 15.0 Å². The molecule has 0 aliphatic rings. The van der Waals surface area contributed by atoms with Gasteiger partial charge < -0.3 is 15.4 Å². The van der Waals surface area contributed by atoms with Crippen LogP contribution in [0.1, 0.15) is 5.82 Å². The van der Waals surface area contributed by atoms with Crippen molar-refractivity contribution in [2.24, 2.45) is 0 Å². The Balaban J connectivity index is 2.06. The van der Waals surface area contributed by atoms with Gasteiger partial charge in [-0.2, -0.15) is 15.0 Å². The van der Waals surface area contributed by atoms with E-state index in [0.717, 1.165) is 5.75 Å². The molecule has 2 rings (SSSR count). The van der Waals surface area contributed by atoms with Gasteiger partial charge in [0.1, 0.15) is 12.4 Å². The van der Waals surface area contributed by atoms with Crippen LogP contribution in [0, 0.1) is 0 Å². The monoisotopic (exact) mass is 291 g/mol. The molecule has 106 valence electrons. The summed E-state index contributed by atoms with van der Waals surface area (Å²) in [5, 5.41) is 0. The second-order valence-corrected chi connectivity index (χ2v) is 5.15. The van der Waals surface area contributed by atoms with Crippen molar-refractivity contribution in [2.45, 2.75) is 11.5 Å². The SMILES string of the molecule is CSc1ccc(OCc2nc(N)nc(N(C)C)n2)cc1. The minimum atomic E-state index is 0.194. The summed E-state index contributed by atoms with van der Waals surface area (Å²) in [7, 11) is 3.70. The molecule has 0 unspecified atom stereocenters. The molecule has 1 aromatic carbocycles. The quantitative estimate of drug-likeness (QED) is 0.842. The van der Waals surface area contributed by atoms with Crippen LogP contribution in [0.3, 0.4) is 0 Å². The van der Waals surface area contributed by atoms with Crippen LogP contribution in [-0.2, 0) is 6.61 Å². The van der Waals surface area contributed by atoms with Crippen LogP contribution in [0.15, 0.2) is 29.2 Å². The number of benzene rings is 1. The van der Waals surface area contributed by atoms with Gasteiger partial charge >= 0.3 is 0 Å². The van der Waals surface area contributed by atoms with Crippen LogP contribution in [-0.4, -0.2) is 35.3 Å². The van der Waals surface area contributed by atoms with Gasteiger partial charge in [0.25, 0.3) is 0 Å². The molecule has 1 aromatic heterocycles. The third-order valence-corrected chi connectivity index (χ3v) is 3.26. The Bertz CT molecular complexity index is 573. The third kappa shape index (κ3) is 3.74. The lowest BCUT2D eigenvalue weighted by Gasteiger charge is -2.12. The molecule has 0 radical (unpaired) electrons. The van der Waals surface area contributed by atoms with Gasteiger partial charge in [-0.15, -0.1) is 11.8 Å². The Kier molecular flexibility index (Phi) is 4.62. The zero-order chi connectivity index (χ0) is 14.5. The molecule has 20 heavy (non-hydrogen) atoms. The Labute approximate surface area is 122 Å². The van der Waals surface area contributed by atoms with Gasteiger partial charge in [-0.25, -0.2) is 0 Å². The van der Waals surface area contributed by atoms with Gasteiger partial charge in [0.05, 0.1) is 0 Å². The number of nitrogens with zero attached hydrogens (tertiary/aromatic N) is 4. The number of hydrogen-bond acceptors (Lipinski definition) is 7. The lowest BCUT2D eigenvalue weighted by atomic mass is 10.3. The first-order chi connectivity index (χ1) is 9.58. The van der Waals surface area contributed by atoms with Crippen LogP contribution in [0.5, 0.6) is 5.75 Å². The summed E-state index contributed by atoms with van der Waals surface area (Å²) in [6, 6.07) is 7.85. The molecule has 0 bridgehead atoms. The molecule has 0 atom stereocenters. The minimum Gasteiger partial charge on any atom is -0.486 e. The Morgan fingerprint density at radius 3 is 2.45 bits per heavy atom.